The number of hydrogen-bond acceptors (Lipinski definition) is 6. The third kappa shape index (κ3) is 2.41. The molecule has 3 aromatic heterocycles. The normalized spacial score (nSPS) is 11.0. The highest BCUT2D eigenvalue weighted by Crippen LogP contribution is 2.15. The zero-order chi connectivity index (χ0) is 16.6. The number of aromatic nitrogens is 4. The maximum Gasteiger partial charge on any atom is 0.343 e. The monoisotopic (exact) mass is 316 g/mol. The van der Waals surface area contributed by atoms with Crippen molar-refractivity contribution >= 4 is 28.5 Å². The van der Waals surface area contributed by atoms with Crippen LogP contribution in [-0.2, 0) is 16.1 Å². The van der Waals surface area contributed by atoms with Gasteiger partial charge in [-0.25, -0.2) is 14.3 Å². The van der Waals surface area contributed by atoms with Gasteiger partial charge in [-0.15, -0.1) is 0 Å². The molecule has 0 aromatic carbocycles. The van der Waals surface area contributed by atoms with Gasteiger partial charge in [-0.3, -0.25) is 9.59 Å². The van der Waals surface area contributed by atoms with E-state index >= 15 is 0 Å². The van der Waals surface area contributed by atoms with E-state index in [2.05, 4.69) is 10.1 Å². The van der Waals surface area contributed by atoms with Crippen molar-refractivity contribution in [1.82, 2.24) is 19.2 Å². The van der Waals surface area contributed by atoms with Crippen LogP contribution < -0.4 is 5.56 Å². The van der Waals surface area contributed by atoms with Crippen LogP contribution in [0, 0.1) is 0 Å². The van der Waals surface area contributed by atoms with Gasteiger partial charge in [-0.2, -0.15) is 5.10 Å². The van der Waals surface area contributed by atoms with Gasteiger partial charge in [0.05, 0.1) is 23.7 Å². The van der Waals surface area contributed by atoms with Crippen LogP contribution in [0.25, 0.3) is 16.6 Å². The maximum atomic E-state index is 12.3. The van der Waals surface area contributed by atoms with Crippen LogP contribution >= 0.6 is 0 Å². The Hall–Kier alpha value is -3.23. The number of rotatable bonds is 4. The minimum Gasteiger partial charge on any atom is -0.480 e. The summed E-state index contributed by atoms with van der Waals surface area (Å²) in [5.74, 6) is -1.67. The zero-order valence-corrected chi connectivity index (χ0v) is 12.1. The first-order valence-electron chi connectivity index (χ1n) is 6.77. The summed E-state index contributed by atoms with van der Waals surface area (Å²) in [5, 5.41) is 13.1. The molecule has 0 amide bonds. The fourth-order valence-corrected chi connectivity index (χ4v) is 2.28. The molecule has 0 saturated carbocycles. The second-order valence-corrected chi connectivity index (χ2v) is 4.71. The van der Waals surface area contributed by atoms with E-state index < -0.39 is 24.0 Å². The first-order valence-corrected chi connectivity index (χ1v) is 6.77. The Kier molecular flexibility index (Phi) is 3.53. The number of pyridine rings is 1. The van der Waals surface area contributed by atoms with Crippen LogP contribution in [0.3, 0.4) is 0 Å². The first kappa shape index (κ1) is 14.7. The number of hydrogen-bond donors (Lipinski definition) is 1. The largest absolute Gasteiger partial charge is 0.480 e. The molecule has 0 aliphatic heterocycles. The molecular weight excluding hydrogens is 304 g/mol. The zero-order valence-electron chi connectivity index (χ0n) is 12.1. The van der Waals surface area contributed by atoms with Gasteiger partial charge in [0.1, 0.15) is 12.1 Å². The summed E-state index contributed by atoms with van der Waals surface area (Å²) in [6.07, 6.45) is 3.99. The highest BCUT2D eigenvalue weighted by molar-refractivity contribution is 5.96. The molecule has 0 bridgehead atoms. The number of esters is 1. The SMILES string of the molecule is CCOC(=O)c1cnn2c1ncc1c(=O)n(CC(=O)O)ccc12. The third-order valence-corrected chi connectivity index (χ3v) is 3.27. The number of carbonyl (C=O) groups is 2. The van der Waals surface area contributed by atoms with Crippen molar-refractivity contribution in [1.29, 1.82) is 0 Å². The highest BCUT2D eigenvalue weighted by Gasteiger charge is 2.17. The maximum absolute atomic E-state index is 12.3. The fourth-order valence-electron chi connectivity index (χ4n) is 2.28. The number of nitrogens with zero attached hydrogens (tertiary/aromatic N) is 4. The summed E-state index contributed by atoms with van der Waals surface area (Å²) < 4.78 is 7.35. The minimum atomic E-state index is -1.12. The lowest BCUT2D eigenvalue weighted by atomic mass is 10.3. The number of carboxylic acid groups (broad SMARTS) is 1. The first-order chi connectivity index (χ1) is 11.0. The lowest BCUT2D eigenvalue weighted by molar-refractivity contribution is -0.137. The van der Waals surface area contributed by atoms with Crippen LogP contribution in [0.1, 0.15) is 17.3 Å². The molecule has 0 atom stereocenters. The van der Waals surface area contributed by atoms with Gasteiger partial charge < -0.3 is 14.4 Å². The highest BCUT2D eigenvalue weighted by atomic mass is 16.5. The van der Waals surface area contributed by atoms with Crippen molar-refractivity contribution in [3.05, 3.63) is 40.6 Å². The molecule has 3 heterocycles. The number of fused-ring (bicyclic) bond motifs is 3. The van der Waals surface area contributed by atoms with E-state index in [0.717, 1.165) is 4.57 Å². The Morgan fingerprint density at radius 3 is 2.83 bits per heavy atom. The van der Waals surface area contributed by atoms with Gasteiger partial charge in [-0.1, -0.05) is 0 Å². The van der Waals surface area contributed by atoms with Gasteiger partial charge in [0.15, 0.2) is 5.65 Å². The Morgan fingerprint density at radius 2 is 2.13 bits per heavy atom. The minimum absolute atomic E-state index is 0.198. The number of aliphatic carboxylic acids is 1. The standard InChI is InChI=1S/C14H12N4O5/c1-2-23-14(22)9-6-16-18-10-3-4-17(7-11(19)20)13(21)8(10)5-15-12(9)18/h3-6H,2,7H2,1H3,(H,19,20). The summed E-state index contributed by atoms with van der Waals surface area (Å²) in [4.78, 5) is 39.0. The third-order valence-electron chi connectivity index (χ3n) is 3.27. The van der Waals surface area contributed by atoms with Crippen LogP contribution in [0.5, 0.6) is 0 Å². The van der Waals surface area contributed by atoms with Gasteiger partial charge in [0.25, 0.3) is 5.56 Å². The predicted molar refractivity (Wildman–Crippen MR) is 78.3 cm³/mol. The molecule has 0 radical (unpaired) electrons. The van der Waals surface area contributed by atoms with Crippen LogP contribution in [0.15, 0.2) is 29.5 Å². The molecule has 0 saturated heterocycles. The van der Waals surface area contributed by atoms with Gasteiger partial charge in [-0.05, 0) is 13.0 Å². The molecule has 0 fully saturated rings. The van der Waals surface area contributed by atoms with E-state index in [9.17, 15) is 14.4 Å². The molecule has 23 heavy (non-hydrogen) atoms. The Labute approximate surface area is 128 Å². The molecule has 0 spiro atoms. The smallest absolute Gasteiger partial charge is 0.343 e. The molecule has 0 aliphatic carbocycles. The van der Waals surface area contributed by atoms with E-state index in [0.29, 0.717) is 5.52 Å². The lowest BCUT2D eigenvalue weighted by Gasteiger charge is -2.05. The summed E-state index contributed by atoms with van der Waals surface area (Å²) in [6.45, 7) is 1.47. The quantitative estimate of drug-likeness (QED) is 0.688. The van der Waals surface area contributed by atoms with Crippen molar-refractivity contribution < 1.29 is 19.4 Å². The van der Waals surface area contributed by atoms with Gasteiger partial charge in [0.2, 0.25) is 0 Å². The fraction of sp³-hybridized carbons (Fsp3) is 0.214. The number of carbonyl (C=O) groups excluding carboxylic acids is 1. The summed E-state index contributed by atoms with van der Waals surface area (Å²) in [7, 11) is 0. The van der Waals surface area contributed by atoms with Gasteiger partial charge >= 0.3 is 11.9 Å². The molecule has 9 nitrogen and oxygen atoms in total. The van der Waals surface area contributed by atoms with E-state index in [1.54, 1.807) is 13.0 Å². The number of ether oxygens (including phenoxy) is 1. The average Bonchev–Trinajstić information content (AvgIpc) is 2.94. The van der Waals surface area contributed by atoms with Crippen LogP contribution in [0.2, 0.25) is 0 Å². The molecule has 118 valence electrons. The Morgan fingerprint density at radius 1 is 1.35 bits per heavy atom. The molecule has 3 aromatic rings. The summed E-state index contributed by atoms with van der Waals surface area (Å²) >= 11 is 0. The van der Waals surface area contributed by atoms with Crippen molar-refractivity contribution in [3.63, 3.8) is 0 Å². The second-order valence-electron chi connectivity index (χ2n) is 4.71. The van der Waals surface area contributed by atoms with E-state index in [4.69, 9.17) is 9.84 Å². The second kappa shape index (κ2) is 5.52. The van der Waals surface area contributed by atoms with Crippen LogP contribution in [-0.4, -0.2) is 42.8 Å². The average molecular weight is 316 g/mol. The van der Waals surface area contributed by atoms with E-state index in [1.165, 1.54) is 23.1 Å². The van der Waals surface area contributed by atoms with E-state index in [-0.39, 0.29) is 23.2 Å². The lowest BCUT2D eigenvalue weighted by Crippen LogP contribution is -2.24. The Bertz CT molecular complexity index is 988. The van der Waals surface area contributed by atoms with Crippen LogP contribution in [0.4, 0.5) is 0 Å². The van der Waals surface area contributed by atoms with Crippen molar-refractivity contribution in [2.45, 2.75) is 13.5 Å². The predicted octanol–water partition coefficient (Wildman–Crippen LogP) is 0.305. The van der Waals surface area contributed by atoms with Crippen molar-refractivity contribution in [2.75, 3.05) is 6.61 Å². The topological polar surface area (TPSA) is 116 Å². The molecular formula is C14H12N4O5. The molecule has 3 rings (SSSR count). The van der Waals surface area contributed by atoms with E-state index in [1.807, 2.05) is 0 Å². The number of carboxylic acids is 1. The summed E-state index contributed by atoms with van der Waals surface area (Å²) in [6, 6.07) is 1.55. The van der Waals surface area contributed by atoms with Gasteiger partial charge in [0, 0.05) is 12.4 Å². The molecule has 1 N–H and O–H groups in total. The summed E-state index contributed by atoms with van der Waals surface area (Å²) in [5.41, 5.74) is 0.402. The van der Waals surface area contributed by atoms with Crippen molar-refractivity contribution in [2.24, 2.45) is 0 Å². The Balaban J connectivity index is 2.21. The molecule has 0 aliphatic rings. The van der Waals surface area contributed by atoms with Crippen molar-refractivity contribution in [3.8, 4) is 0 Å². The molecule has 9 heteroatoms. The molecule has 0 unspecified atom stereocenters.